The fraction of sp³-hybridized carbons (Fsp3) is 0.583. The summed E-state index contributed by atoms with van der Waals surface area (Å²) < 4.78 is 5.58. The zero-order chi connectivity index (χ0) is 12.2. The highest BCUT2D eigenvalue weighted by Crippen LogP contribution is 2.15. The van der Waals surface area contributed by atoms with Gasteiger partial charge >= 0.3 is 0 Å². The van der Waals surface area contributed by atoms with E-state index in [1.165, 1.54) is 0 Å². The summed E-state index contributed by atoms with van der Waals surface area (Å²) in [5.74, 6) is 0.788. The van der Waals surface area contributed by atoms with Crippen molar-refractivity contribution in [2.75, 3.05) is 24.2 Å². The smallest absolute Gasteiger partial charge is 0.128 e. The maximum Gasteiger partial charge on any atom is 0.128 e. The third kappa shape index (κ3) is 3.70. The summed E-state index contributed by atoms with van der Waals surface area (Å²) in [5, 5.41) is 3.22. The first kappa shape index (κ1) is 12.8. The van der Waals surface area contributed by atoms with Crippen LogP contribution in [0.15, 0.2) is 12.3 Å². The van der Waals surface area contributed by atoms with E-state index >= 15 is 0 Å². The van der Waals surface area contributed by atoms with Crippen molar-refractivity contribution in [2.45, 2.75) is 33.3 Å². The van der Waals surface area contributed by atoms with E-state index in [2.05, 4.69) is 10.3 Å². The lowest BCUT2D eigenvalue weighted by atomic mass is 10.1. The number of hydrogen-bond acceptors (Lipinski definition) is 4. The molecule has 1 rings (SSSR count). The molecule has 90 valence electrons. The van der Waals surface area contributed by atoms with E-state index < -0.39 is 0 Å². The van der Waals surface area contributed by atoms with Crippen molar-refractivity contribution in [3.8, 4) is 0 Å². The lowest BCUT2D eigenvalue weighted by Crippen LogP contribution is -2.33. The molecule has 0 aliphatic rings. The summed E-state index contributed by atoms with van der Waals surface area (Å²) in [6.07, 6.45) is 1.77. The number of aryl methyl sites for hydroxylation is 1. The van der Waals surface area contributed by atoms with Crippen LogP contribution in [0.25, 0.3) is 0 Å². The number of nitrogens with one attached hydrogen (secondary N) is 1. The minimum absolute atomic E-state index is 0.198. The van der Waals surface area contributed by atoms with Gasteiger partial charge in [-0.1, -0.05) is 0 Å². The van der Waals surface area contributed by atoms with Crippen LogP contribution < -0.4 is 11.1 Å². The molecule has 16 heavy (non-hydrogen) atoms. The molecule has 4 heteroatoms. The second kappa shape index (κ2) is 5.16. The topological polar surface area (TPSA) is 60.2 Å². The Hall–Kier alpha value is -1.29. The van der Waals surface area contributed by atoms with Crippen molar-refractivity contribution in [1.82, 2.24) is 4.98 Å². The Morgan fingerprint density at radius 2 is 2.19 bits per heavy atom. The average molecular weight is 223 g/mol. The summed E-state index contributed by atoms with van der Waals surface area (Å²) in [6.45, 7) is 9.43. The third-order valence-corrected chi connectivity index (χ3v) is 2.38. The molecule has 0 atom stereocenters. The molecule has 0 bridgehead atoms. The molecule has 0 unspecified atom stereocenters. The highest BCUT2D eigenvalue weighted by molar-refractivity contribution is 5.53. The van der Waals surface area contributed by atoms with Gasteiger partial charge in [-0.3, -0.25) is 0 Å². The summed E-state index contributed by atoms with van der Waals surface area (Å²) >= 11 is 0. The lowest BCUT2D eigenvalue weighted by Gasteiger charge is -2.25. The first-order chi connectivity index (χ1) is 7.44. The van der Waals surface area contributed by atoms with Crippen LogP contribution >= 0.6 is 0 Å². The Morgan fingerprint density at radius 1 is 1.50 bits per heavy atom. The molecule has 4 nitrogen and oxygen atoms in total. The van der Waals surface area contributed by atoms with Gasteiger partial charge in [0, 0.05) is 31.1 Å². The first-order valence-electron chi connectivity index (χ1n) is 5.54. The Kier molecular flexibility index (Phi) is 4.12. The zero-order valence-corrected chi connectivity index (χ0v) is 10.5. The summed E-state index contributed by atoms with van der Waals surface area (Å²) in [6, 6.07) is 1.84. The van der Waals surface area contributed by atoms with Gasteiger partial charge in [0.1, 0.15) is 5.82 Å². The molecular formula is C12H21N3O. The number of rotatable bonds is 5. The lowest BCUT2D eigenvalue weighted by molar-refractivity contribution is 0.000643. The molecule has 0 fully saturated rings. The minimum atomic E-state index is -0.198. The molecule has 0 spiro atoms. The molecule has 0 radical (unpaired) electrons. The maximum absolute atomic E-state index is 5.81. The number of hydrogen-bond donors (Lipinski definition) is 2. The summed E-state index contributed by atoms with van der Waals surface area (Å²) in [4.78, 5) is 4.26. The Morgan fingerprint density at radius 3 is 2.75 bits per heavy atom. The molecule has 0 aromatic carbocycles. The van der Waals surface area contributed by atoms with Gasteiger partial charge < -0.3 is 15.8 Å². The van der Waals surface area contributed by atoms with Crippen LogP contribution in [-0.4, -0.2) is 23.7 Å². The third-order valence-electron chi connectivity index (χ3n) is 2.38. The average Bonchev–Trinajstić information content (AvgIpc) is 2.20. The van der Waals surface area contributed by atoms with E-state index in [9.17, 15) is 0 Å². The molecular weight excluding hydrogens is 202 g/mol. The van der Waals surface area contributed by atoms with Crippen LogP contribution in [0.1, 0.15) is 26.3 Å². The van der Waals surface area contributed by atoms with Gasteiger partial charge in [0.25, 0.3) is 0 Å². The fourth-order valence-electron chi connectivity index (χ4n) is 1.38. The highest BCUT2D eigenvalue weighted by atomic mass is 16.5. The van der Waals surface area contributed by atoms with E-state index in [1.807, 2.05) is 33.8 Å². The number of nitrogens with two attached hydrogens (primary N) is 1. The molecule has 1 heterocycles. The summed E-state index contributed by atoms with van der Waals surface area (Å²) in [7, 11) is 0. The van der Waals surface area contributed by atoms with E-state index in [-0.39, 0.29) is 5.60 Å². The van der Waals surface area contributed by atoms with Crippen LogP contribution in [0.3, 0.4) is 0 Å². The molecule has 0 amide bonds. The number of nitrogens with zero attached hydrogens (tertiary/aromatic N) is 1. The molecule has 1 aromatic rings. The largest absolute Gasteiger partial charge is 0.398 e. The molecule has 0 aliphatic heterocycles. The SMILES string of the molecule is CCOC(C)(C)CNc1cc(N)c(C)cn1. The van der Waals surface area contributed by atoms with Gasteiger partial charge in [-0.2, -0.15) is 0 Å². The van der Waals surface area contributed by atoms with Gasteiger partial charge in [-0.05, 0) is 33.3 Å². The number of nitrogen functional groups attached to an aromatic ring is 1. The number of pyridine rings is 1. The van der Waals surface area contributed by atoms with Gasteiger partial charge in [0.2, 0.25) is 0 Å². The molecule has 3 N–H and O–H groups in total. The molecule has 0 saturated heterocycles. The Balaban J connectivity index is 2.57. The minimum Gasteiger partial charge on any atom is -0.398 e. The highest BCUT2D eigenvalue weighted by Gasteiger charge is 2.17. The van der Waals surface area contributed by atoms with Crippen LogP contribution in [0.4, 0.5) is 11.5 Å². The number of aromatic nitrogens is 1. The van der Waals surface area contributed by atoms with Gasteiger partial charge in [-0.15, -0.1) is 0 Å². The van der Waals surface area contributed by atoms with E-state index in [4.69, 9.17) is 10.5 Å². The second-order valence-electron chi connectivity index (χ2n) is 4.47. The van der Waals surface area contributed by atoms with E-state index in [1.54, 1.807) is 6.20 Å². The molecule has 0 saturated carbocycles. The normalized spacial score (nSPS) is 11.5. The molecule has 0 aliphatic carbocycles. The Bertz CT molecular complexity index is 350. The van der Waals surface area contributed by atoms with Gasteiger partial charge in [0.15, 0.2) is 0 Å². The van der Waals surface area contributed by atoms with Crippen molar-refractivity contribution >= 4 is 11.5 Å². The van der Waals surface area contributed by atoms with Crippen molar-refractivity contribution in [2.24, 2.45) is 0 Å². The van der Waals surface area contributed by atoms with E-state index in [0.717, 1.165) is 17.1 Å². The van der Waals surface area contributed by atoms with Crippen molar-refractivity contribution in [3.63, 3.8) is 0 Å². The quantitative estimate of drug-likeness (QED) is 0.803. The number of ether oxygens (including phenoxy) is 1. The summed E-state index contributed by atoms with van der Waals surface area (Å²) in [5.41, 5.74) is 7.36. The standard InChI is InChI=1S/C12H21N3O/c1-5-16-12(3,4)8-15-11-6-10(13)9(2)7-14-11/h6-7H,5,8H2,1-4H3,(H3,13,14,15). The maximum atomic E-state index is 5.81. The molecule has 1 aromatic heterocycles. The number of anilines is 2. The second-order valence-corrected chi connectivity index (χ2v) is 4.47. The Labute approximate surface area is 97.2 Å². The first-order valence-corrected chi connectivity index (χ1v) is 5.54. The van der Waals surface area contributed by atoms with Crippen LogP contribution in [0.5, 0.6) is 0 Å². The van der Waals surface area contributed by atoms with Crippen molar-refractivity contribution in [1.29, 1.82) is 0 Å². The predicted molar refractivity (Wildman–Crippen MR) is 67.6 cm³/mol. The van der Waals surface area contributed by atoms with Crippen LogP contribution in [0, 0.1) is 6.92 Å². The fourth-order valence-corrected chi connectivity index (χ4v) is 1.38. The van der Waals surface area contributed by atoms with Gasteiger partial charge in [0.05, 0.1) is 5.60 Å². The van der Waals surface area contributed by atoms with Gasteiger partial charge in [-0.25, -0.2) is 4.98 Å². The van der Waals surface area contributed by atoms with E-state index in [0.29, 0.717) is 13.2 Å². The predicted octanol–water partition coefficient (Wildman–Crippen LogP) is 2.20. The van der Waals surface area contributed by atoms with Crippen molar-refractivity contribution < 1.29 is 4.74 Å². The van der Waals surface area contributed by atoms with Crippen LogP contribution in [-0.2, 0) is 4.74 Å². The van der Waals surface area contributed by atoms with Crippen LogP contribution in [0.2, 0.25) is 0 Å². The zero-order valence-electron chi connectivity index (χ0n) is 10.5. The monoisotopic (exact) mass is 223 g/mol. The van der Waals surface area contributed by atoms with Crippen molar-refractivity contribution in [3.05, 3.63) is 17.8 Å².